The SMILES string of the molecule is CC(C)(C)CCNC(=O)NCCOCCOCCOCCn1cc(CN2C(=O)CC(C(C)(C)C)C2=O)nn1. The number of hydrogen-bond donors (Lipinski definition) is 2. The van der Waals surface area contributed by atoms with Crippen LogP contribution in [0.2, 0.25) is 0 Å². The fraction of sp³-hybridized carbons (Fsp3) is 0.808. The topological polar surface area (TPSA) is 137 Å². The average Bonchev–Trinajstić information content (AvgIpc) is 3.38. The number of urea groups is 1. The molecule has 1 aliphatic heterocycles. The molecule has 1 unspecified atom stereocenters. The zero-order chi connectivity index (χ0) is 28.2. The van der Waals surface area contributed by atoms with E-state index in [9.17, 15) is 14.4 Å². The lowest BCUT2D eigenvalue weighted by molar-refractivity contribution is -0.141. The van der Waals surface area contributed by atoms with Gasteiger partial charge in [0.1, 0.15) is 5.69 Å². The van der Waals surface area contributed by atoms with Crippen molar-refractivity contribution in [3.63, 3.8) is 0 Å². The third-order valence-electron chi connectivity index (χ3n) is 6.10. The Kier molecular flexibility index (Phi) is 12.6. The van der Waals surface area contributed by atoms with E-state index in [0.717, 1.165) is 6.42 Å². The Bertz CT molecular complexity index is 892. The van der Waals surface area contributed by atoms with E-state index in [2.05, 4.69) is 41.7 Å². The molecule has 1 fully saturated rings. The number of nitrogens with one attached hydrogen (secondary N) is 2. The summed E-state index contributed by atoms with van der Waals surface area (Å²) in [6.07, 6.45) is 2.89. The third-order valence-corrected chi connectivity index (χ3v) is 6.10. The van der Waals surface area contributed by atoms with Gasteiger partial charge in [0.25, 0.3) is 0 Å². The van der Waals surface area contributed by atoms with Crippen LogP contribution in [0.1, 0.15) is 60.1 Å². The zero-order valence-corrected chi connectivity index (χ0v) is 23.9. The van der Waals surface area contributed by atoms with Gasteiger partial charge in [-0.15, -0.1) is 5.10 Å². The fourth-order valence-electron chi connectivity index (χ4n) is 3.76. The van der Waals surface area contributed by atoms with Gasteiger partial charge < -0.3 is 24.8 Å². The number of imide groups is 1. The summed E-state index contributed by atoms with van der Waals surface area (Å²) < 4.78 is 18.1. The van der Waals surface area contributed by atoms with Gasteiger partial charge in [-0.2, -0.15) is 0 Å². The lowest BCUT2D eigenvalue weighted by atomic mass is 9.80. The standard InChI is InChI=1S/C26H46N6O6/c1-25(2,3)7-8-27-24(35)28-9-11-36-13-15-38-16-14-37-12-10-31-18-20(29-30-31)19-32-22(33)17-21(23(32)34)26(4,5)6/h18,21H,7-17,19H2,1-6H3,(H2,27,28,35). The minimum Gasteiger partial charge on any atom is -0.377 e. The first-order chi connectivity index (χ1) is 17.9. The third kappa shape index (κ3) is 11.9. The van der Waals surface area contributed by atoms with Crippen LogP contribution in [0.15, 0.2) is 6.20 Å². The van der Waals surface area contributed by atoms with Crippen LogP contribution in [0.25, 0.3) is 0 Å². The predicted octanol–water partition coefficient (Wildman–Crippen LogP) is 1.98. The van der Waals surface area contributed by atoms with Crippen LogP contribution in [0.4, 0.5) is 4.79 Å². The molecule has 1 atom stereocenters. The molecule has 0 aliphatic carbocycles. The largest absolute Gasteiger partial charge is 0.377 e. The number of carbonyl (C=O) groups is 3. The van der Waals surface area contributed by atoms with Crippen molar-refractivity contribution < 1.29 is 28.6 Å². The molecule has 38 heavy (non-hydrogen) atoms. The van der Waals surface area contributed by atoms with E-state index in [0.29, 0.717) is 65.0 Å². The van der Waals surface area contributed by atoms with Gasteiger partial charge in [0.15, 0.2) is 0 Å². The summed E-state index contributed by atoms with van der Waals surface area (Å²) in [5.41, 5.74) is 0.510. The second-order valence-corrected chi connectivity index (χ2v) is 11.7. The molecule has 2 rings (SSSR count). The maximum absolute atomic E-state index is 12.6. The highest BCUT2D eigenvalue weighted by Gasteiger charge is 2.44. The van der Waals surface area contributed by atoms with Crippen LogP contribution < -0.4 is 10.6 Å². The van der Waals surface area contributed by atoms with E-state index >= 15 is 0 Å². The van der Waals surface area contributed by atoms with E-state index in [1.165, 1.54) is 4.90 Å². The van der Waals surface area contributed by atoms with Crippen molar-refractivity contribution in [2.45, 2.75) is 67.5 Å². The molecule has 1 saturated heterocycles. The molecular formula is C26H46N6O6. The molecule has 4 amide bonds. The smallest absolute Gasteiger partial charge is 0.314 e. The molecule has 12 nitrogen and oxygen atoms in total. The summed E-state index contributed by atoms with van der Waals surface area (Å²) in [4.78, 5) is 37.9. The highest BCUT2D eigenvalue weighted by atomic mass is 16.5. The van der Waals surface area contributed by atoms with Crippen LogP contribution in [0, 0.1) is 16.7 Å². The van der Waals surface area contributed by atoms with E-state index in [4.69, 9.17) is 14.2 Å². The molecule has 1 aromatic rings. The Morgan fingerprint density at radius 1 is 0.947 bits per heavy atom. The van der Waals surface area contributed by atoms with Gasteiger partial charge >= 0.3 is 6.03 Å². The summed E-state index contributed by atoms with van der Waals surface area (Å²) in [6.45, 7) is 16.7. The summed E-state index contributed by atoms with van der Waals surface area (Å²) in [7, 11) is 0. The minimum absolute atomic E-state index is 0.141. The molecule has 2 N–H and O–H groups in total. The van der Waals surface area contributed by atoms with E-state index < -0.39 is 0 Å². The van der Waals surface area contributed by atoms with Crippen molar-refractivity contribution in [2.75, 3.05) is 52.7 Å². The molecular weight excluding hydrogens is 492 g/mol. The summed E-state index contributed by atoms with van der Waals surface area (Å²) in [5.74, 6) is -0.605. The number of nitrogens with zero attached hydrogens (tertiary/aromatic N) is 4. The highest BCUT2D eigenvalue weighted by Crippen LogP contribution is 2.35. The highest BCUT2D eigenvalue weighted by molar-refractivity contribution is 6.03. The van der Waals surface area contributed by atoms with Crippen molar-refractivity contribution in [3.05, 3.63) is 11.9 Å². The molecule has 1 aromatic heterocycles. The Balaban J connectivity index is 1.45. The summed E-state index contributed by atoms with van der Waals surface area (Å²) >= 11 is 0. The number of ether oxygens (including phenoxy) is 3. The number of hydrogen-bond acceptors (Lipinski definition) is 8. The monoisotopic (exact) mass is 538 g/mol. The van der Waals surface area contributed by atoms with Crippen molar-refractivity contribution in [1.82, 2.24) is 30.5 Å². The van der Waals surface area contributed by atoms with Gasteiger partial charge in [-0.1, -0.05) is 46.8 Å². The minimum atomic E-state index is -0.300. The first-order valence-electron chi connectivity index (χ1n) is 13.3. The Morgan fingerprint density at radius 2 is 1.55 bits per heavy atom. The van der Waals surface area contributed by atoms with Gasteiger partial charge in [0.2, 0.25) is 11.8 Å². The first kappa shape index (κ1) is 31.6. The molecule has 0 radical (unpaired) electrons. The Morgan fingerprint density at radius 3 is 2.16 bits per heavy atom. The van der Waals surface area contributed by atoms with Gasteiger partial charge in [-0.25, -0.2) is 9.48 Å². The van der Waals surface area contributed by atoms with Crippen LogP contribution in [-0.2, 0) is 36.9 Å². The van der Waals surface area contributed by atoms with Crippen LogP contribution in [-0.4, -0.2) is 90.5 Å². The molecule has 0 saturated carbocycles. The van der Waals surface area contributed by atoms with E-state index in [1.807, 2.05) is 20.8 Å². The van der Waals surface area contributed by atoms with Gasteiger partial charge in [-0.3, -0.25) is 14.5 Å². The van der Waals surface area contributed by atoms with Crippen molar-refractivity contribution in [3.8, 4) is 0 Å². The van der Waals surface area contributed by atoms with Gasteiger partial charge in [0, 0.05) is 19.5 Å². The molecule has 1 aliphatic rings. The zero-order valence-electron chi connectivity index (χ0n) is 23.9. The summed E-state index contributed by atoms with van der Waals surface area (Å²) in [6, 6.07) is -0.181. The lowest BCUT2D eigenvalue weighted by Gasteiger charge is -2.24. The van der Waals surface area contributed by atoms with Crippen LogP contribution in [0.5, 0.6) is 0 Å². The quantitative estimate of drug-likeness (QED) is 0.241. The van der Waals surface area contributed by atoms with E-state index in [1.54, 1.807) is 10.9 Å². The van der Waals surface area contributed by atoms with Crippen LogP contribution in [0.3, 0.4) is 0 Å². The Labute approximate surface area is 226 Å². The number of likely N-dealkylation sites (tertiary alicyclic amines) is 1. The van der Waals surface area contributed by atoms with Crippen molar-refractivity contribution in [1.29, 1.82) is 0 Å². The average molecular weight is 539 g/mol. The number of aromatic nitrogens is 3. The van der Waals surface area contributed by atoms with Crippen molar-refractivity contribution >= 4 is 17.8 Å². The maximum atomic E-state index is 12.6. The molecule has 12 heteroatoms. The first-order valence-corrected chi connectivity index (χ1v) is 13.3. The normalized spacial score (nSPS) is 16.4. The summed E-state index contributed by atoms with van der Waals surface area (Å²) in [5, 5.41) is 13.7. The number of amides is 4. The molecule has 2 heterocycles. The van der Waals surface area contributed by atoms with Gasteiger partial charge in [0.05, 0.1) is 64.8 Å². The van der Waals surface area contributed by atoms with Gasteiger partial charge in [-0.05, 0) is 17.3 Å². The second kappa shape index (κ2) is 15.1. The van der Waals surface area contributed by atoms with E-state index in [-0.39, 0.29) is 47.6 Å². The molecule has 216 valence electrons. The Hall–Kier alpha value is -2.57. The van der Waals surface area contributed by atoms with Crippen LogP contribution >= 0.6 is 0 Å². The fourth-order valence-corrected chi connectivity index (χ4v) is 3.76. The molecule has 0 bridgehead atoms. The number of rotatable bonds is 16. The molecule has 0 aromatic carbocycles. The lowest BCUT2D eigenvalue weighted by Crippen LogP contribution is -2.38. The molecule has 0 spiro atoms. The second-order valence-electron chi connectivity index (χ2n) is 11.7. The van der Waals surface area contributed by atoms with Crippen molar-refractivity contribution in [2.24, 2.45) is 16.7 Å². The predicted molar refractivity (Wildman–Crippen MR) is 141 cm³/mol. The maximum Gasteiger partial charge on any atom is 0.314 e. The number of carbonyl (C=O) groups excluding carboxylic acids is 3.